The molecular formula is C48H30O. The van der Waals surface area contributed by atoms with Gasteiger partial charge in [0.2, 0.25) is 0 Å². The zero-order valence-corrected chi connectivity index (χ0v) is 26.7. The quantitative estimate of drug-likeness (QED) is 0.178. The van der Waals surface area contributed by atoms with Gasteiger partial charge in [-0.2, -0.15) is 0 Å². The van der Waals surface area contributed by atoms with E-state index in [9.17, 15) is 0 Å². The molecule has 0 radical (unpaired) electrons. The minimum absolute atomic E-state index is 0.922. The highest BCUT2D eigenvalue weighted by Gasteiger charge is 2.14. The predicted octanol–water partition coefficient (Wildman–Crippen LogP) is 13.7. The Balaban J connectivity index is 1.03. The number of benzene rings is 9. The van der Waals surface area contributed by atoms with E-state index < -0.39 is 0 Å². The van der Waals surface area contributed by atoms with E-state index in [1.54, 1.807) is 0 Å². The lowest BCUT2D eigenvalue weighted by Gasteiger charge is -2.13. The first-order valence-electron chi connectivity index (χ1n) is 16.8. The zero-order valence-electron chi connectivity index (χ0n) is 26.7. The lowest BCUT2D eigenvalue weighted by Crippen LogP contribution is -1.87. The molecule has 0 spiro atoms. The monoisotopic (exact) mass is 622 g/mol. The van der Waals surface area contributed by atoms with Crippen molar-refractivity contribution in [2.75, 3.05) is 0 Å². The van der Waals surface area contributed by atoms with Crippen LogP contribution in [0.2, 0.25) is 0 Å². The summed E-state index contributed by atoms with van der Waals surface area (Å²) < 4.78 is 6.34. The van der Waals surface area contributed by atoms with Gasteiger partial charge in [-0.15, -0.1) is 0 Å². The van der Waals surface area contributed by atoms with E-state index in [1.807, 2.05) is 12.1 Å². The molecule has 1 heterocycles. The van der Waals surface area contributed by atoms with Gasteiger partial charge in [0.15, 0.2) is 0 Å². The van der Waals surface area contributed by atoms with Crippen LogP contribution in [0.25, 0.3) is 98.8 Å². The Morgan fingerprint density at radius 1 is 0.265 bits per heavy atom. The van der Waals surface area contributed by atoms with Gasteiger partial charge in [-0.05, 0) is 89.5 Å². The van der Waals surface area contributed by atoms with Crippen molar-refractivity contribution < 1.29 is 4.42 Å². The Kier molecular flexibility index (Phi) is 6.25. The molecule has 228 valence electrons. The molecule has 0 amide bonds. The summed E-state index contributed by atoms with van der Waals surface area (Å²) in [5, 5.41) is 9.87. The van der Waals surface area contributed by atoms with Gasteiger partial charge in [0.1, 0.15) is 11.2 Å². The second kappa shape index (κ2) is 11.1. The minimum atomic E-state index is 0.922. The van der Waals surface area contributed by atoms with Gasteiger partial charge in [-0.1, -0.05) is 164 Å². The third-order valence-corrected chi connectivity index (χ3v) is 10.1. The molecule has 0 saturated carbocycles. The first-order valence-corrected chi connectivity index (χ1v) is 16.8. The van der Waals surface area contributed by atoms with E-state index in [4.69, 9.17) is 4.42 Å². The van der Waals surface area contributed by atoms with Crippen molar-refractivity contribution in [3.8, 4) is 44.5 Å². The van der Waals surface area contributed by atoms with Crippen molar-refractivity contribution in [1.82, 2.24) is 0 Å². The fourth-order valence-electron chi connectivity index (χ4n) is 7.64. The second-order valence-electron chi connectivity index (χ2n) is 12.9. The maximum absolute atomic E-state index is 6.34. The van der Waals surface area contributed by atoms with Gasteiger partial charge < -0.3 is 4.42 Å². The molecule has 1 nitrogen and oxygen atoms in total. The number of hydrogen-bond donors (Lipinski definition) is 0. The lowest BCUT2D eigenvalue weighted by atomic mass is 9.90. The maximum atomic E-state index is 6.34. The van der Waals surface area contributed by atoms with Gasteiger partial charge in [0, 0.05) is 16.3 Å². The fraction of sp³-hybridized carbons (Fsp3) is 0. The van der Waals surface area contributed by atoms with E-state index in [0.29, 0.717) is 0 Å². The Morgan fingerprint density at radius 3 is 1.63 bits per heavy atom. The summed E-state index contributed by atoms with van der Waals surface area (Å²) in [6.45, 7) is 0. The largest absolute Gasteiger partial charge is 0.455 e. The number of rotatable bonds is 4. The maximum Gasteiger partial charge on any atom is 0.143 e. The topological polar surface area (TPSA) is 13.1 Å². The molecule has 0 atom stereocenters. The minimum Gasteiger partial charge on any atom is -0.455 e. The molecule has 0 aliphatic heterocycles. The van der Waals surface area contributed by atoms with E-state index in [0.717, 1.165) is 33.1 Å². The van der Waals surface area contributed by atoms with Crippen molar-refractivity contribution >= 4 is 54.3 Å². The van der Waals surface area contributed by atoms with Gasteiger partial charge in [-0.25, -0.2) is 0 Å². The predicted molar refractivity (Wildman–Crippen MR) is 208 cm³/mol. The number of fused-ring (bicyclic) bond motifs is 7. The Bertz CT molecular complexity index is 2850. The average molecular weight is 623 g/mol. The summed E-state index contributed by atoms with van der Waals surface area (Å²) in [4.78, 5) is 0. The summed E-state index contributed by atoms with van der Waals surface area (Å²) in [7, 11) is 0. The molecule has 0 fully saturated rings. The third kappa shape index (κ3) is 4.55. The van der Waals surface area contributed by atoms with Crippen LogP contribution in [0, 0.1) is 0 Å². The standard InChI is InChI=1S/C48H30O/c1-2-11-38-32(9-1)10-7-15-39(38)33-21-19-31(20-22-33)36-27-28-37-30-45(41-12-3-4-13-42(41)46(37)29-36)35-25-23-34(24-26-35)40-16-8-17-44-43-14-5-6-18-47(43)49-48(40)44/h1-30H. The highest BCUT2D eigenvalue weighted by molar-refractivity contribution is 6.15. The molecule has 0 unspecified atom stereocenters. The van der Waals surface area contributed by atoms with Gasteiger partial charge in [0.25, 0.3) is 0 Å². The first-order chi connectivity index (χ1) is 24.3. The average Bonchev–Trinajstić information content (AvgIpc) is 3.56. The van der Waals surface area contributed by atoms with Gasteiger partial charge in [0.05, 0.1) is 0 Å². The summed E-state index contributed by atoms with van der Waals surface area (Å²) in [6, 6.07) is 65.8. The normalized spacial score (nSPS) is 11.7. The Hall–Kier alpha value is -6.44. The molecule has 0 N–H and O–H groups in total. The van der Waals surface area contributed by atoms with Crippen LogP contribution in [0.3, 0.4) is 0 Å². The summed E-state index contributed by atoms with van der Waals surface area (Å²) >= 11 is 0. The van der Waals surface area contributed by atoms with Crippen LogP contribution in [-0.2, 0) is 0 Å². The van der Waals surface area contributed by atoms with Crippen LogP contribution >= 0.6 is 0 Å². The SMILES string of the molecule is c1ccc2c(-c3ccc(-c4ccc5cc(-c6ccc(-c7cccc8c7oc7ccccc78)cc6)c6ccccc6c5c4)cc3)cccc2c1. The fourth-order valence-corrected chi connectivity index (χ4v) is 7.64. The Labute approximate surface area is 284 Å². The van der Waals surface area contributed by atoms with Crippen LogP contribution < -0.4 is 0 Å². The van der Waals surface area contributed by atoms with Crippen LogP contribution in [0.4, 0.5) is 0 Å². The van der Waals surface area contributed by atoms with E-state index in [-0.39, 0.29) is 0 Å². The third-order valence-electron chi connectivity index (χ3n) is 10.1. The van der Waals surface area contributed by atoms with Crippen LogP contribution in [0.5, 0.6) is 0 Å². The van der Waals surface area contributed by atoms with Crippen molar-refractivity contribution in [2.24, 2.45) is 0 Å². The highest BCUT2D eigenvalue weighted by Crippen LogP contribution is 2.40. The smallest absolute Gasteiger partial charge is 0.143 e. The van der Waals surface area contributed by atoms with Gasteiger partial charge >= 0.3 is 0 Å². The van der Waals surface area contributed by atoms with Crippen molar-refractivity contribution in [3.05, 3.63) is 182 Å². The molecular weight excluding hydrogens is 593 g/mol. The lowest BCUT2D eigenvalue weighted by molar-refractivity contribution is 0.670. The molecule has 9 aromatic carbocycles. The van der Waals surface area contributed by atoms with Crippen LogP contribution in [0.1, 0.15) is 0 Å². The molecule has 1 heteroatoms. The van der Waals surface area contributed by atoms with Crippen molar-refractivity contribution in [3.63, 3.8) is 0 Å². The second-order valence-corrected chi connectivity index (χ2v) is 12.9. The molecule has 49 heavy (non-hydrogen) atoms. The first kappa shape index (κ1) is 27.7. The molecule has 1 aromatic heterocycles. The number of furan rings is 1. The zero-order chi connectivity index (χ0) is 32.3. The molecule has 10 aromatic rings. The Morgan fingerprint density at radius 2 is 0.816 bits per heavy atom. The van der Waals surface area contributed by atoms with Crippen molar-refractivity contribution in [2.45, 2.75) is 0 Å². The molecule has 0 bridgehead atoms. The summed E-state index contributed by atoms with van der Waals surface area (Å²) in [5.41, 5.74) is 11.5. The van der Waals surface area contributed by atoms with E-state index >= 15 is 0 Å². The molecule has 0 saturated heterocycles. The molecule has 10 rings (SSSR count). The van der Waals surface area contributed by atoms with Crippen LogP contribution in [0.15, 0.2) is 186 Å². The number of hydrogen-bond acceptors (Lipinski definition) is 1. The van der Waals surface area contributed by atoms with Gasteiger partial charge in [-0.3, -0.25) is 0 Å². The van der Waals surface area contributed by atoms with Crippen LogP contribution in [-0.4, -0.2) is 0 Å². The summed E-state index contributed by atoms with van der Waals surface area (Å²) in [5.74, 6) is 0. The number of para-hydroxylation sites is 2. The van der Waals surface area contributed by atoms with Crippen molar-refractivity contribution in [1.29, 1.82) is 0 Å². The highest BCUT2D eigenvalue weighted by atomic mass is 16.3. The summed E-state index contributed by atoms with van der Waals surface area (Å²) in [6.07, 6.45) is 0. The van der Waals surface area contributed by atoms with E-state index in [2.05, 4.69) is 170 Å². The molecule has 0 aliphatic rings. The van der Waals surface area contributed by atoms with E-state index in [1.165, 1.54) is 65.7 Å². The molecule has 0 aliphatic carbocycles.